The van der Waals surface area contributed by atoms with Crippen LogP contribution in [-0.4, -0.2) is 22.6 Å². The van der Waals surface area contributed by atoms with E-state index >= 15 is 0 Å². The van der Waals surface area contributed by atoms with Crippen molar-refractivity contribution >= 4 is 11.7 Å². The highest BCUT2D eigenvalue weighted by Gasteiger charge is 2.14. The van der Waals surface area contributed by atoms with Crippen LogP contribution in [0, 0.1) is 6.92 Å². The first-order chi connectivity index (χ1) is 7.66. The van der Waals surface area contributed by atoms with Gasteiger partial charge in [0.2, 0.25) is 0 Å². The Morgan fingerprint density at radius 1 is 1.44 bits per heavy atom. The molecule has 4 N–H and O–H groups in total. The van der Waals surface area contributed by atoms with Crippen molar-refractivity contribution in [1.82, 2.24) is 15.5 Å². The number of hydrogen-bond donors (Lipinski definition) is 3. The summed E-state index contributed by atoms with van der Waals surface area (Å²) in [6, 6.07) is 0. The maximum absolute atomic E-state index is 11.7. The fourth-order valence-electron chi connectivity index (χ4n) is 1.58. The summed E-state index contributed by atoms with van der Waals surface area (Å²) in [5.74, 6) is 0.129. The van der Waals surface area contributed by atoms with E-state index in [9.17, 15) is 4.79 Å². The smallest absolute Gasteiger partial charge is 0.256 e. The first kappa shape index (κ1) is 12.5. The first-order valence-corrected chi connectivity index (χ1v) is 5.75. The van der Waals surface area contributed by atoms with Gasteiger partial charge in [-0.2, -0.15) is 5.10 Å². The van der Waals surface area contributed by atoms with Crippen LogP contribution >= 0.6 is 0 Å². The first-order valence-electron chi connectivity index (χ1n) is 5.75. The highest BCUT2D eigenvalue weighted by molar-refractivity contribution is 5.99. The molecule has 0 aliphatic rings. The minimum atomic E-state index is -0.139. The summed E-state index contributed by atoms with van der Waals surface area (Å²) in [6.45, 7) is 4.65. The van der Waals surface area contributed by atoms with Crippen molar-refractivity contribution in [3.05, 3.63) is 11.3 Å². The molecule has 5 heteroatoms. The molecule has 0 unspecified atom stereocenters. The lowest BCUT2D eigenvalue weighted by Gasteiger charge is -2.04. The van der Waals surface area contributed by atoms with Gasteiger partial charge in [0.05, 0.1) is 0 Å². The molecule has 0 radical (unpaired) electrons. The number of amides is 1. The summed E-state index contributed by atoms with van der Waals surface area (Å²) in [5.41, 5.74) is 6.77. The van der Waals surface area contributed by atoms with Gasteiger partial charge < -0.3 is 11.1 Å². The third-order valence-electron chi connectivity index (χ3n) is 2.52. The van der Waals surface area contributed by atoms with Gasteiger partial charge in [0.15, 0.2) is 5.82 Å². The van der Waals surface area contributed by atoms with E-state index in [2.05, 4.69) is 22.4 Å². The predicted molar refractivity (Wildman–Crippen MR) is 64.2 cm³/mol. The number of rotatable bonds is 6. The summed E-state index contributed by atoms with van der Waals surface area (Å²) in [4.78, 5) is 11.7. The minimum Gasteiger partial charge on any atom is -0.382 e. The molecule has 1 amide bonds. The molecule has 0 atom stereocenters. The molecule has 1 heterocycles. The zero-order valence-corrected chi connectivity index (χ0v) is 9.97. The van der Waals surface area contributed by atoms with Crippen LogP contribution < -0.4 is 11.1 Å². The highest BCUT2D eigenvalue weighted by Crippen LogP contribution is 2.11. The second-order valence-corrected chi connectivity index (χ2v) is 3.93. The fourth-order valence-corrected chi connectivity index (χ4v) is 1.58. The van der Waals surface area contributed by atoms with E-state index in [1.165, 1.54) is 12.8 Å². The standard InChI is InChI=1S/C11H20N4O/c1-3-4-5-6-7-13-11(16)9-8(2)14-15-10(9)12/h3-7H2,1-2H3,(H,13,16)(H3,12,14,15). The molecule has 16 heavy (non-hydrogen) atoms. The molecule has 0 saturated heterocycles. The monoisotopic (exact) mass is 224 g/mol. The summed E-state index contributed by atoms with van der Waals surface area (Å²) >= 11 is 0. The van der Waals surface area contributed by atoms with Gasteiger partial charge in [-0.3, -0.25) is 9.89 Å². The second kappa shape index (κ2) is 6.15. The zero-order valence-electron chi connectivity index (χ0n) is 9.97. The van der Waals surface area contributed by atoms with E-state index in [1.807, 2.05) is 0 Å². The number of carbonyl (C=O) groups excluding carboxylic acids is 1. The van der Waals surface area contributed by atoms with Crippen LogP contribution in [0.15, 0.2) is 0 Å². The molecule has 1 aromatic rings. The molecule has 0 spiro atoms. The Balaban J connectivity index is 2.36. The number of anilines is 1. The molecule has 0 bridgehead atoms. The lowest BCUT2D eigenvalue weighted by atomic mass is 10.2. The predicted octanol–water partition coefficient (Wildman–Crippen LogP) is 1.61. The van der Waals surface area contributed by atoms with Gasteiger partial charge >= 0.3 is 0 Å². The van der Waals surface area contributed by atoms with E-state index in [0.717, 1.165) is 12.8 Å². The second-order valence-electron chi connectivity index (χ2n) is 3.93. The number of carbonyl (C=O) groups is 1. The van der Waals surface area contributed by atoms with E-state index in [1.54, 1.807) is 6.92 Å². The number of nitrogens with two attached hydrogens (primary N) is 1. The Hall–Kier alpha value is -1.52. The molecule has 0 aliphatic carbocycles. The van der Waals surface area contributed by atoms with Gasteiger partial charge in [-0.05, 0) is 13.3 Å². The number of aryl methyl sites for hydroxylation is 1. The largest absolute Gasteiger partial charge is 0.382 e. The normalized spacial score (nSPS) is 10.4. The molecule has 0 fully saturated rings. The van der Waals surface area contributed by atoms with Gasteiger partial charge in [-0.1, -0.05) is 26.2 Å². The highest BCUT2D eigenvalue weighted by atomic mass is 16.1. The third-order valence-corrected chi connectivity index (χ3v) is 2.52. The van der Waals surface area contributed by atoms with Gasteiger partial charge in [0.1, 0.15) is 5.56 Å². The van der Waals surface area contributed by atoms with Gasteiger partial charge in [-0.15, -0.1) is 0 Å². The molecule has 0 aromatic carbocycles. The van der Waals surface area contributed by atoms with E-state index < -0.39 is 0 Å². The average molecular weight is 224 g/mol. The quantitative estimate of drug-likeness (QED) is 0.642. The molecule has 1 aromatic heterocycles. The fraction of sp³-hybridized carbons (Fsp3) is 0.636. The maximum Gasteiger partial charge on any atom is 0.256 e. The van der Waals surface area contributed by atoms with Crippen molar-refractivity contribution in [2.75, 3.05) is 12.3 Å². The van der Waals surface area contributed by atoms with Crippen LogP contribution in [0.4, 0.5) is 5.82 Å². The lowest BCUT2D eigenvalue weighted by Crippen LogP contribution is -2.25. The summed E-state index contributed by atoms with van der Waals surface area (Å²) < 4.78 is 0. The molecular formula is C11H20N4O. The maximum atomic E-state index is 11.7. The lowest BCUT2D eigenvalue weighted by molar-refractivity contribution is 0.0953. The third kappa shape index (κ3) is 3.25. The molecule has 0 saturated carbocycles. The number of unbranched alkanes of at least 4 members (excludes halogenated alkanes) is 3. The Morgan fingerprint density at radius 2 is 2.19 bits per heavy atom. The number of nitrogens with one attached hydrogen (secondary N) is 2. The van der Waals surface area contributed by atoms with Crippen LogP contribution in [0.3, 0.4) is 0 Å². The van der Waals surface area contributed by atoms with Gasteiger partial charge in [-0.25, -0.2) is 0 Å². The van der Waals surface area contributed by atoms with Crippen molar-refractivity contribution in [3.63, 3.8) is 0 Å². The van der Waals surface area contributed by atoms with Crippen LogP contribution in [-0.2, 0) is 0 Å². The molecule has 0 aliphatic heterocycles. The molecule has 5 nitrogen and oxygen atoms in total. The molecule has 90 valence electrons. The van der Waals surface area contributed by atoms with Crippen molar-refractivity contribution < 1.29 is 4.79 Å². The molecule has 1 rings (SSSR count). The van der Waals surface area contributed by atoms with E-state index in [4.69, 9.17) is 5.73 Å². The number of H-pyrrole nitrogens is 1. The van der Waals surface area contributed by atoms with Crippen LogP contribution in [0.25, 0.3) is 0 Å². The van der Waals surface area contributed by atoms with Gasteiger partial charge in [0.25, 0.3) is 5.91 Å². The van der Waals surface area contributed by atoms with Gasteiger partial charge in [0, 0.05) is 12.2 Å². The zero-order chi connectivity index (χ0) is 12.0. The Bertz CT molecular complexity index is 326. The van der Waals surface area contributed by atoms with E-state index in [0.29, 0.717) is 17.8 Å². The minimum absolute atomic E-state index is 0.139. The summed E-state index contributed by atoms with van der Waals surface area (Å²) in [5, 5.41) is 9.33. The number of aromatic nitrogens is 2. The Labute approximate surface area is 95.8 Å². The average Bonchev–Trinajstić information content (AvgIpc) is 2.58. The summed E-state index contributed by atoms with van der Waals surface area (Å²) in [6.07, 6.45) is 4.57. The van der Waals surface area contributed by atoms with Crippen LogP contribution in [0.5, 0.6) is 0 Å². The Kier molecular flexibility index (Phi) is 4.82. The number of hydrogen-bond acceptors (Lipinski definition) is 3. The topological polar surface area (TPSA) is 83.8 Å². The van der Waals surface area contributed by atoms with Crippen LogP contribution in [0.2, 0.25) is 0 Å². The van der Waals surface area contributed by atoms with Crippen molar-refractivity contribution in [3.8, 4) is 0 Å². The van der Waals surface area contributed by atoms with Crippen molar-refractivity contribution in [1.29, 1.82) is 0 Å². The number of nitrogens with zero attached hydrogens (tertiary/aromatic N) is 1. The van der Waals surface area contributed by atoms with Crippen molar-refractivity contribution in [2.24, 2.45) is 0 Å². The van der Waals surface area contributed by atoms with Crippen LogP contribution in [0.1, 0.15) is 48.7 Å². The van der Waals surface area contributed by atoms with Crippen molar-refractivity contribution in [2.45, 2.75) is 39.5 Å². The van der Waals surface area contributed by atoms with E-state index in [-0.39, 0.29) is 11.7 Å². The summed E-state index contributed by atoms with van der Waals surface area (Å²) in [7, 11) is 0. The number of aromatic amines is 1. The number of nitrogen functional groups attached to an aromatic ring is 1. The molecular weight excluding hydrogens is 204 g/mol. The Morgan fingerprint density at radius 3 is 2.75 bits per heavy atom. The SMILES string of the molecule is CCCCCCNC(=O)c1c(N)n[nH]c1C.